The van der Waals surface area contributed by atoms with Gasteiger partial charge in [-0.2, -0.15) is 4.98 Å². The van der Waals surface area contributed by atoms with Crippen LogP contribution in [-0.2, 0) is 10.0 Å². The van der Waals surface area contributed by atoms with E-state index in [0.717, 1.165) is 0 Å². The van der Waals surface area contributed by atoms with Crippen molar-refractivity contribution in [2.24, 2.45) is 0 Å². The van der Waals surface area contributed by atoms with Crippen LogP contribution < -0.4 is 15.2 Å². The van der Waals surface area contributed by atoms with Crippen LogP contribution >= 0.6 is 11.6 Å². The lowest BCUT2D eigenvalue weighted by Gasteiger charge is -2.10. The van der Waals surface area contributed by atoms with E-state index in [9.17, 15) is 8.42 Å². The second-order valence-electron chi connectivity index (χ2n) is 4.17. The Labute approximate surface area is 127 Å². The van der Waals surface area contributed by atoms with Crippen LogP contribution in [0.2, 0.25) is 5.02 Å². The van der Waals surface area contributed by atoms with Gasteiger partial charge >= 0.3 is 0 Å². The lowest BCUT2D eigenvalue weighted by Crippen LogP contribution is -2.16. The molecular weight excluding hydrogens is 316 g/mol. The van der Waals surface area contributed by atoms with Crippen LogP contribution in [0.5, 0.6) is 5.88 Å². The van der Waals surface area contributed by atoms with Crippen molar-refractivity contribution in [2.45, 2.75) is 11.8 Å². The average molecular weight is 329 g/mol. The molecule has 3 N–H and O–H groups in total. The van der Waals surface area contributed by atoms with Crippen LogP contribution in [0.1, 0.15) is 5.69 Å². The maximum atomic E-state index is 12.3. The van der Waals surface area contributed by atoms with Crippen LogP contribution in [-0.4, -0.2) is 25.5 Å². The lowest BCUT2D eigenvalue weighted by molar-refractivity contribution is 0.397. The van der Waals surface area contributed by atoms with Crippen LogP contribution in [0.15, 0.2) is 29.2 Å². The Morgan fingerprint density at radius 2 is 2.00 bits per heavy atom. The zero-order chi connectivity index (χ0) is 15.6. The molecular formula is C12H13ClN4O3S. The van der Waals surface area contributed by atoms with Crippen molar-refractivity contribution in [1.29, 1.82) is 0 Å². The summed E-state index contributed by atoms with van der Waals surface area (Å²) in [6.45, 7) is 1.69. The number of anilines is 2. The highest BCUT2D eigenvalue weighted by Crippen LogP contribution is 2.25. The summed E-state index contributed by atoms with van der Waals surface area (Å²) in [6, 6.07) is 5.75. The van der Waals surface area contributed by atoms with Crippen molar-refractivity contribution in [3.05, 3.63) is 35.0 Å². The Hall–Kier alpha value is -2.06. The summed E-state index contributed by atoms with van der Waals surface area (Å²) in [7, 11) is -2.53. The maximum absolute atomic E-state index is 12.3. The molecule has 7 nitrogen and oxygen atoms in total. The Bertz CT molecular complexity index is 780. The molecule has 0 saturated heterocycles. The van der Waals surface area contributed by atoms with E-state index in [0.29, 0.717) is 5.69 Å². The Morgan fingerprint density at radius 3 is 2.67 bits per heavy atom. The monoisotopic (exact) mass is 328 g/mol. The van der Waals surface area contributed by atoms with Crippen molar-refractivity contribution >= 4 is 33.3 Å². The van der Waals surface area contributed by atoms with E-state index in [1.807, 2.05) is 0 Å². The van der Waals surface area contributed by atoms with Gasteiger partial charge in [0.15, 0.2) is 0 Å². The van der Waals surface area contributed by atoms with E-state index >= 15 is 0 Å². The molecule has 0 amide bonds. The molecule has 0 atom stereocenters. The number of halogens is 1. The van der Waals surface area contributed by atoms with E-state index in [4.69, 9.17) is 22.1 Å². The summed E-state index contributed by atoms with van der Waals surface area (Å²) < 4.78 is 31.8. The molecule has 0 radical (unpaired) electrons. The van der Waals surface area contributed by atoms with Crippen LogP contribution in [0.3, 0.4) is 0 Å². The molecule has 1 aromatic heterocycles. The summed E-state index contributed by atoms with van der Waals surface area (Å²) in [5, 5.41) is 0.0521. The van der Waals surface area contributed by atoms with E-state index in [1.54, 1.807) is 13.0 Å². The first kappa shape index (κ1) is 15.3. The number of hydrogen-bond acceptors (Lipinski definition) is 6. The number of rotatable bonds is 4. The van der Waals surface area contributed by atoms with Crippen LogP contribution in [0, 0.1) is 6.92 Å². The third-order valence-electron chi connectivity index (χ3n) is 2.51. The lowest BCUT2D eigenvalue weighted by atomic mass is 10.3. The SMILES string of the molecule is COc1cc(C)nc(NS(=O)(=O)c2cc(N)ccc2Cl)n1. The van der Waals surface area contributed by atoms with Gasteiger partial charge in [0.1, 0.15) is 4.90 Å². The fourth-order valence-corrected chi connectivity index (χ4v) is 3.07. The molecule has 1 aromatic carbocycles. The summed E-state index contributed by atoms with van der Waals surface area (Å²) in [5.41, 5.74) is 6.42. The van der Waals surface area contributed by atoms with Crippen LogP contribution in [0.25, 0.3) is 0 Å². The minimum absolute atomic E-state index is 0.0521. The van der Waals surface area contributed by atoms with Gasteiger partial charge in [-0.05, 0) is 25.1 Å². The first-order valence-electron chi connectivity index (χ1n) is 5.79. The van der Waals surface area contributed by atoms with Crippen molar-refractivity contribution in [3.8, 4) is 5.88 Å². The molecule has 0 aliphatic rings. The zero-order valence-electron chi connectivity index (χ0n) is 11.3. The number of nitrogens with one attached hydrogen (secondary N) is 1. The van der Waals surface area contributed by atoms with E-state index < -0.39 is 10.0 Å². The summed E-state index contributed by atoms with van der Waals surface area (Å²) >= 11 is 5.90. The molecule has 112 valence electrons. The van der Waals surface area contributed by atoms with Crippen LogP contribution in [0.4, 0.5) is 11.6 Å². The van der Waals surface area contributed by atoms with Gasteiger partial charge in [-0.1, -0.05) is 11.6 Å². The smallest absolute Gasteiger partial charge is 0.265 e. The molecule has 2 aromatic rings. The molecule has 0 fully saturated rings. The predicted octanol–water partition coefficient (Wildman–Crippen LogP) is 1.83. The number of nitrogens with two attached hydrogens (primary N) is 1. The minimum Gasteiger partial charge on any atom is -0.481 e. The van der Waals surface area contributed by atoms with Gasteiger partial charge in [0.05, 0.1) is 12.1 Å². The fraction of sp³-hybridized carbons (Fsp3) is 0.167. The number of benzene rings is 1. The van der Waals surface area contributed by atoms with E-state index in [-0.39, 0.29) is 27.4 Å². The third kappa shape index (κ3) is 3.53. The zero-order valence-corrected chi connectivity index (χ0v) is 12.9. The van der Waals surface area contributed by atoms with E-state index in [2.05, 4.69) is 14.7 Å². The first-order valence-corrected chi connectivity index (χ1v) is 7.65. The normalized spacial score (nSPS) is 11.2. The molecule has 0 unspecified atom stereocenters. The molecule has 2 rings (SSSR count). The number of nitrogens with zero attached hydrogens (tertiary/aromatic N) is 2. The van der Waals surface area contributed by atoms with Gasteiger partial charge in [-0.25, -0.2) is 18.1 Å². The van der Waals surface area contributed by atoms with Crippen molar-refractivity contribution in [3.63, 3.8) is 0 Å². The maximum Gasteiger partial charge on any atom is 0.265 e. The van der Waals surface area contributed by atoms with Crippen molar-refractivity contribution < 1.29 is 13.2 Å². The highest BCUT2D eigenvalue weighted by molar-refractivity contribution is 7.92. The van der Waals surface area contributed by atoms with Crippen molar-refractivity contribution in [2.75, 3.05) is 17.6 Å². The molecule has 0 aliphatic heterocycles. The molecule has 1 heterocycles. The summed E-state index contributed by atoms with van der Waals surface area (Å²) in [6.07, 6.45) is 0. The highest BCUT2D eigenvalue weighted by Gasteiger charge is 2.20. The van der Waals surface area contributed by atoms with Gasteiger partial charge in [0.25, 0.3) is 10.0 Å². The molecule has 0 bridgehead atoms. The summed E-state index contributed by atoms with van der Waals surface area (Å²) in [4.78, 5) is 7.76. The number of hydrogen-bond donors (Lipinski definition) is 2. The predicted molar refractivity (Wildman–Crippen MR) is 80.0 cm³/mol. The van der Waals surface area contributed by atoms with Gasteiger partial charge < -0.3 is 10.5 Å². The minimum atomic E-state index is -3.95. The first-order chi connectivity index (χ1) is 9.81. The molecule has 0 saturated carbocycles. The quantitative estimate of drug-likeness (QED) is 0.829. The Morgan fingerprint density at radius 1 is 1.29 bits per heavy atom. The number of nitrogen functional groups attached to an aromatic ring is 1. The second kappa shape index (κ2) is 5.74. The van der Waals surface area contributed by atoms with Gasteiger partial charge in [0, 0.05) is 17.4 Å². The Kier molecular flexibility index (Phi) is 4.19. The van der Waals surface area contributed by atoms with Gasteiger partial charge in [-0.15, -0.1) is 0 Å². The molecule has 9 heteroatoms. The molecule has 0 aliphatic carbocycles. The Balaban J connectivity index is 2.42. The molecule has 21 heavy (non-hydrogen) atoms. The van der Waals surface area contributed by atoms with Crippen molar-refractivity contribution in [1.82, 2.24) is 9.97 Å². The summed E-state index contributed by atoms with van der Waals surface area (Å²) in [5.74, 6) is 0.143. The highest BCUT2D eigenvalue weighted by atomic mass is 35.5. The molecule has 0 spiro atoms. The van der Waals surface area contributed by atoms with Gasteiger partial charge in [0.2, 0.25) is 11.8 Å². The number of aryl methyl sites for hydroxylation is 1. The fourth-order valence-electron chi connectivity index (χ4n) is 1.59. The second-order valence-corrected chi connectivity index (χ2v) is 6.23. The average Bonchev–Trinajstić information content (AvgIpc) is 2.40. The number of aromatic nitrogens is 2. The topological polar surface area (TPSA) is 107 Å². The standard InChI is InChI=1S/C12H13ClN4O3S/c1-7-5-11(20-2)16-12(15-7)17-21(18,19)10-6-8(14)3-4-9(10)13/h3-6H,14H2,1-2H3,(H,15,16,17). The van der Waals surface area contributed by atoms with Gasteiger partial charge in [-0.3, -0.25) is 0 Å². The van der Waals surface area contributed by atoms with E-state index in [1.165, 1.54) is 25.3 Å². The number of sulfonamides is 1. The largest absolute Gasteiger partial charge is 0.481 e. The number of methoxy groups -OCH3 is 1. The number of ether oxygens (including phenoxy) is 1. The third-order valence-corrected chi connectivity index (χ3v) is 4.32.